The maximum atomic E-state index is 11.9. The summed E-state index contributed by atoms with van der Waals surface area (Å²) >= 11 is 0. The molecule has 1 atom stereocenters. The summed E-state index contributed by atoms with van der Waals surface area (Å²) in [6, 6.07) is 0. The van der Waals surface area contributed by atoms with Crippen LogP contribution in [0.5, 0.6) is 0 Å². The van der Waals surface area contributed by atoms with Crippen molar-refractivity contribution in [3.05, 3.63) is 0 Å². The average molecular weight is 249 g/mol. The van der Waals surface area contributed by atoms with Gasteiger partial charge in [-0.1, -0.05) is 0 Å². The Morgan fingerprint density at radius 2 is 1.93 bits per heavy atom. The first-order valence-corrected chi connectivity index (χ1v) is 6.89. The number of hydrogen-bond donors (Lipinski definition) is 1. The number of sulfonamides is 1. The molecule has 0 aliphatic carbocycles. The molecule has 1 unspecified atom stereocenters. The molecule has 0 aromatic rings. The molecule has 1 heterocycles. The van der Waals surface area contributed by atoms with Crippen molar-refractivity contribution in [1.29, 1.82) is 0 Å². The third-order valence-corrected chi connectivity index (χ3v) is 5.37. The summed E-state index contributed by atoms with van der Waals surface area (Å²) in [6.07, 6.45) is 2.35. The first-order chi connectivity index (χ1) is 6.33. The van der Waals surface area contributed by atoms with Crippen LogP contribution < -0.4 is 4.13 Å². The Morgan fingerprint density at radius 3 is 2.36 bits per heavy atom. The minimum absolute atomic E-state index is 0.468. The standard InChI is InChI=1S/C6H10F3NO2S2/c7-6(8,9)14(11,12)10-13-4-2-1-3-5-13/h4,10H,1-3,5H2. The average Bonchev–Trinajstić information content (AvgIpc) is 2.03. The van der Waals surface area contributed by atoms with Crippen LogP contribution in [0.3, 0.4) is 0 Å². The van der Waals surface area contributed by atoms with E-state index in [1.54, 1.807) is 9.49 Å². The number of halogens is 3. The van der Waals surface area contributed by atoms with Gasteiger partial charge in [-0.2, -0.15) is 17.3 Å². The molecule has 14 heavy (non-hydrogen) atoms. The maximum absolute atomic E-state index is 11.9. The summed E-state index contributed by atoms with van der Waals surface area (Å²) in [5.74, 6) is 0.468. The van der Waals surface area contributed by atoms with Crippen molar-refractivity contribution in [2.45, 2.75) is 24.8 Å². The van der Waals surface area contributed by atoms with Gasteiger partial charge in [0.25, 0.3) is 0 Å². The van der Waals surface area contributed by atoms with E-state index in [-0.39, 0.29) is 0 Å². The molecule has 0 saturated heterocycles. The van der Waals surface area contributed by atoms with E-state index >= 15 is 0 Å². The molecule has 0 spiro atoms. The Bertz CT molecular complexity index is 333. The molecule has 0 amide bonds. The smallest absolute Gasteiger partial charge is 0.202 e. The Morgan fingerprint density at radius 1 is 1.29 bits per heavy atom. The molecule has 0 fully saturated rings. The van der Waals surface area contributed by atoms with Crippen LogP contribution in [-0.2, 0) is 10.0 Å². The van der Waals surface area contributed by atoms with E-state index < -0.39 is 26.2 Å². The second-order valence-electron chi connectivity index (χ2n) is 2.83. The van der Waals surface area contributed by atoms with Crippen LogP contribution in [0.25, 0.3) is 0 Å². The molecule has 1 aliphatic rings. The summed E-state index contributed by atoms with van der Waals surface area (Å²) < 4.78 is 58.8. The molecular formula is C6H10F3NO2S2. The van der Waals surface area contributed by atoms with Gasteiger partial charge in [-0.05, 0) is 24.6 Å². The van der Waals surface area contributed by atoms with Crippen LogP contribution in [0.4, 0.5) is 13.2 Å². The first kappa shape index (κ1) is 12.0. The quantitative estimate of drug-likeness (QED) is 0.755. The zero-order valence-corrected chi connectivity index (χ0v) is 8.81. The molecule has 0 aromatic heterocycles. The van der Waals surface area contributed by atoms with Crippen LogP contribution in [0.1, 0.15) is 19.3 Å². The van der Waals surface area contributed by atoms with Gasteiger partial charge in [0.1, 0.15) is 0 Å². The van der Waals surface area contributed by atoms with Gasteiger partial charge in [0, 0.05) is 5.75 Å². The summed E-state index contributed by atoms with van der Waals surface area (Å²) in [5, 5.41) is 1.60. The Hall–Kier alpha value is -0.0800. The van der Waals surface area contributed by atoms with Crippen molar-refractivity contribution in [2.24, 2.45) is 0 Å². The summed E-state index contributed by atoms with van der Waals surface area (Å²) in [5.41, 5.74) is -5.20. The molecule has 0 bridgehead atoms. The van der Waals surface area contributed by atoms with Gasteiger partial charge in [-0.15, -0.1) is 10.7 Å². The third kappa shape index (κ3) is 2.96. The van der Waals surface area contributed by atoms with Crippen molar-refractivity contribution < 1.29 is 21.6 Å². The molecular weight excluding hydrogens is 239 g/mol. The largest absolute Gasteiger partial charge is 0.512 e. The van der Waals surface area contributed by atoms with Crippen LogP contribution in [0.15, 0.2) is 0 Å². The van der Waals surface area contributed by atoms with E-state index in [0.29, 0.717) is 12.2 Å². The van der Waals surface area contributed by atoms with Crippen LogP contribution in [0, 0.1) is 0 Å². The van der Waals surface area contributed by atoms with E-state index in [9.17, 15) is 21.6 Å². The minimum Gasteiger partial charge on any atom is -0.202 e. The number of nitrogens with one attached hydrogen (secondary N) is 1. The van der Waals surface area contributed by atoms with E-state index in [1.807, 2.05) is 0 Å². The lowest BCUT2D eigenvalue weighted by Gasteiger charge is -2.16. The summed E-state index contributed by atoms with van der Waals surface area (Å²) in [7, 11) is -6.11. The Balaban J connectivity index is 2.73. The van der Waals surface area contributed by atoms with Crippen LogP contribution >= 0.6 is 10.7 Å². The van der Waals surface area contributed by atoms with E-state index in [0.717, 1.165) is 12.8 Å². The number of hydrogen-bond acceptors (Lipinski definition) is 2. The topological polar surface area (TPSA) is 46.2 Å². The highest BCUT2D eigenvalue weighted by Gasteiger charge is 2.46. The molecule has 3 nitrogen and oxygen atoms in total. The van der Waals surface area contributed by atoms with Gasteiger partial charge >= 0.3 is 15.5 Å². The molecule has 1 rings (SSSR count). The van der Waals surface area contributed by atoms with Gasteiger partial charge in [0.05, 0.1) is 0 Å². The highest BCUT2D eigenvalue weighted by molar-refractivity contribution is 8.20. The molecule has 1 aliphatic heterocycles. The zero-order chi connectivity index (χ0) is 10.8. The summed E-state index contributed by atoms with van der Waals surface area (Å²) in [6.45, 7) is 0. The number of rotatable bonds is 2. The lowest BCUT2D eigenvalue weighted by atomic mass is 10.3. The van der Waals surface area contributed by atoms with Gasteiger partial charge in [-0.25, -0.2) is 8.42 Å². The van der Waals surface area contributed by atoms with E-state index in [1.165, 1.54) is 0 Å². The molecule has 0 radical (unpaired) electrons. The van der Waals surface area contributed by atoms with Crippen molar-refractivity contribution in [3.63, 3.8) is 0 Å². The summed E-state index contributed by atoms with van der Waals surface area (Å²) in [4.78, 5) is 0. The predicted octanol–water partition coefficient (Wildman–Crippen LogP) is 1.60. The fourth-order valence-electron chi connectivity index (χ4n) is 0.975. The number of alkyl halides is 3. The Labute approximate surface area is 82.8 Å². The van der Waals surface area contributed by atoms with Gasteiger partial charge in [-0.3, -0.25) is 0 Å². The fraction of sp³-hybridized carbons (Fsp3) is 0.833. The SMILES string of the molecule is O=S(=O)(NS1=CCCCC1)C(F)(F)F. The van der Waals surface area contributed by atoms with Crippen LogP contribution in [-0.4, -0.2) is 25.0 Å². The normalized spacial score (nSPS) is 24.4. The highest BCUT2D eigenvalue weighted by atomic mass is 32.3. The van der Waals surface area contributed by atoms with Crippen LogP contribution in [0.2, 0.25) is 0 Å². The zero-order valence-electron chi connectivity index (χ0n) is 7.17. The fourth-order valence-corrected chi connectivity index (χ4v) is 4.22. The molecule has 84 valence electrons. The van der Waals surface area contributed by atoms with Crippen molar-refractivity contribution >= 4 is 26.1 Å². The molecule has 1 N–H and O–H groups in total. The predicted molar refractivity (Wildman–Crippen MR) is 50.5 cm³/mol. The van der Waals surface area contributed by atoms with Crippen molar-refractivity contribution in [1.82, 2.24) is 4.13 Å². The second-order valence-corrected chi connectivity index (χ2v) is 6.56. The first-order valence-electron chi connectivity index (χ1n) is 3.95. The van der Waals surface area contributed by atoms with Crippen molar-refractivity contribution in [2.75, 3.05) is 5.75 Å². The lowest BCUT2D eigenvalue weighted by Crippen LogP contribution is -2.34. The molecule has 8 heteroatoms. The van der Waals surface area contributed by atoms with Gasteiger partial charge in [0.2, 0.25) is 0 Å². The highest BCUT2D eigenvalue weighted by Crippen LogP contribution is 2.26. The Kier molecular flexibility index (Phi) is 3.59. The monoisotopic (exact) mass is 249 g/mol. The maximum Gasteiger partial charge on any atom is 0.512 e. The lowest BCUT2D eigenvalue weighted by molar-refractivity contribution is -0.0440. The van der Waals surface area contributed by atoms with Gasteiger partial charge < -0.3 is 0 Å². The van der Waals surface area contributed by atoms with E-state index in [2.05, 4.69) is 0 Å². The van der Waals surface area contributed by atoms with Crippen molar-refractivity contribution in [3.8, 4) is 0 Å². The second kappa shape index (κ2) is 4.19. The minimum atomic E-state index is -5.20. The molecule has 0 aromatic carbocycles. The molecule has 0 saturated carbocycles. The van der Waals surface area contributed by atoms with Gasteiger partial charge in [0.15, 0.2) is 0 Å². The third-order valence-electron chi connectivity index (χ3n) is 1.66. The van der Waals surface area contributed by atoms with E-state index in [4.69, 9.17) is 0 Å².